The van der Waals surface area contributed by atoms with E-state index in [-0.39, 0.29) is 5.75 Å². The molecule has 0 unspecified atom stereocenters. The second kappa shape index (κ2) is 9.39. The van der Waals surface area contributed by atoms with Crippen molar-refractivity contribution in [2.24, 2.45) is 0 Å². The molecule has 0 radical (unpaired) electrons. The first-order valence-corrected chi connectivity index (χ1v) is 6.93. The van der Waals surface area contributed by atoms with Gasteiger partial charge in [0.2, 0.25) is 0 Å². The lowest BCUT2D eigenvalue weighted by molar-refractivity contribution is -0.143. The van der Waals surface area contributed by atoms with Crippen molar-refractivity contribution in [3.63, 3.8) is 0 Å². The number of carbonyl (C=O) groups excluding carboxylic acids is 3. The van der Waals surface area contributed by atoms with E-state index in [0.717, 1.165) is 12.1 Å². The van der Waals surface area contributed by atoms with Gasteiger partial charge in [-0.15, -0.1) is 0 Å². The van der Waals surface area contributed by atoms with Crippen LogP contribution in [-0.2, 0) is 14.3 Å². The molecule has 1 aromatic carbocycles. The molecule has 0 spiro atoms. The molecule has 0 atom stereocenters. The number of imide groups is 1. The monoisotopic (exact) mass is 378 g/mol. The van der Waals surface area contributed by atoms with Crippen LogP contribution in [0.4, 0.5) is 22.4 Å². The molecule has 0 aliphatic heterocycles. The van der Waals surface area contributed by atoms with Crippen molar-refractivity contribution in [1.29, 1.82) is 0 Å². The molecule has 3 amide bonds. The predicted molar refractivity (Wildman–Crippen MR) is 80.5 cm³/mol. The number of ether oxygens (including phenoxy) is 2. The number of amides is 3. The molecule has 0 fully saturated rings. The third-order valence-electron chi connectivity index (χ3n) is 2.64. The van der Waals surface area contributed by atoms with Crippen LogP contribution in [0.15, 0.2) is 24.3 Å². The zero-order valence-electron chi connectivity index (χ0n) is 13.4. The standard InChI is InChI=1S/C15H14F4N2O5/c1-25-11-4-2-9(6-10(11)16)3-5-13(23)26-7-12(22)21-14(24)20-8-15(17,18)19/h2-6H,7-8H2,1H3,(H2,20,21,22,24)/b5-3+. The first-order valence-electron chi connectivity index (χ1n) is 6.93. The van der Waals surface area contributed by atoms with Crippen LogP contribution in [0.25, 0.3) is 6.08 Å². The normalized spacial score (nSPS) is 11.1. The fraction of sp³-hybridized carbons (Fsp3) is 0.267. The van der Waals surface area contributed by atoms with Crippen LogP contribution in [-0.4, -0.2) is 44.3 Å². The lowest BCUT2D eigenvalue weighted by Gasteiger charge is -2.08. The molecule has 2 N–H and O–H groups in total. The first kappa shape index (κ1) is 20.9. The Morgan fingerprint density at radius 3 is 2.50 bits per heavy atom. The Balaban J connectivity index is 2.40. The molecule has 1 rings (SSSR count). The molecule has 11 heteroatoms. The highest BCUT2D eigenvalue weighted by atomic mass is 19.4. The van der Waals surface area contributed by atoms with Crippen molar-refractivity contribution < 1.29 is 41.4 Å². The number of hydrogen-bond donors (Lipinski definition) is 2. The summed E-state index contributed by atoms with van der Waals surface area (Å²) in [4.78, 5) is 33.7. The van der Waals surface area contributed by atoms with Crippen LogP contribution in [0.1, 0.15) is 5.56 Å². The van der Waals surface area contributed by atoms with Crippen LogP contribution in [0.5, 0.6) is 5.75 Å². The molecule has 1 aromatic rings. The minimum absolute atomic E-state index is 0.0187. The van der Waals surface area contributed by atoms with E-state index in [1.54, 1.807) is 5.32 Å². The number of benzene rings is 1. The summed E-state index contributed by atoms with van der Waals surface area (Å²) in [6, 6.07) is 2.52. The van der Waals surface area contributed by atoms with Crippen molar-refractivity contribution in [3.8, 4) is 5.75 Å². The van der Waals surface area contributed by atoms with Gasteiger partial charge in [-0.3, -0.25) is 10.1 Å². The maximum Gasteiger partial charge on any atom is 0.405 e. The summed E-state index contributed by atoms with van der Waals surface area (Å²) in [5.74, 6) is -2.73. The predicted octanol–water partition coefficient (Wildman–Crippen LogP) is 1.78. The lowest BCUT2D eigenvalue weighted by Crippen LogP contribution is -2.44. The summed E-state index contributed by atoms with van der Waals surface area (Å²) in [6.45, 7) is -2.51. The van der Waals surface area contributed by atoms with Gasteiger partial charge in [-0.05, 0) is 23.8 Å². The second-order valence-electron chi connectivity index (χ2n) is 4.68. The Bertz CT molecular complexity index is 704. The van der Waals surface area contributed by atoms with Gasteiger partial charge in [0.15, 0.2) is 18.2 Å². The van der Waals surface area contributed by atoms with Gasteiger partial charge >= 0.3 is 18.2 Å². The number of halogens is 4. The Kier molecular flexibility index (Phi) is 7.56. The Hall–Kier alpha value is -3.11. The average Bonchev–Trinajstić information content (AvgIpc) is 2.56. The molecule has 0 saturated heterocycles. The minimum Gasteiger partial charge on any atom is -0.494 e. The van der Waals surface area contributed by atoms with E-state index in [9.17, 15) is 31.9 Å². The number of carbonyl (C=O) groups is 3. The minimum atomic E-state index is -4.63. The van der Waals surface area contributed by atoms with E-state index in [2.05, 4.69) is 4.74 Å². The van der Waals surface area contributed by atoms with Crippen molar-refractivity contribution in [3.05, 3.63) is 35.7 Å². The molecule has 26 heavy (non-hydrogen) atoms. The van der Waals surface area contributed by atoms with Crippen molar-refractivity contribution in [2.45, 2.75) is 6.18 Å². The average molecular weight is 378 g/mol. The van der Waals surface area contributed by atoms with Crippen molar-refractivity contribution >= 4 is 24.0 Å². The fourth-order valence-corrected chi connectivity index (χ4v) is 1.52. The summed E-state index contributed by atoms with van der Waals surface area (Å²) < 4.78 is 58.3. The molecule has 0 aromatic heterocycles. The van der Waals surface area contributed by atoms with E-state index >= 15 is 0 Å². The summed E-state index contributed by atoms with van der Waals surface area (Å²) in [5.41, 5.74) is 0.316. The molecular formula is C15H14F4N2O5. The molecular weight excluding hydrogens is 364 g/mol. The summed E-state index contributed by atoms with van der Waals surface area (Å²) in [7, 11) is 1.29. The van der Waals surface area contributed by atoms with Crippen molar-refractivity contribution in [2.75, 3.05) is 20.3 Å². The van der Waals surface area contributed by atoms with Gasteiger partial charge in [-0.1, -0.05) is 6.07 Å². The van der Waals surface area contributed by atoms with Crippen LogP contribution in [0.2, 0.25) is 0 Å². The number of rotatable bonds is 6. The molecule has 0 bridgehead atoms. The lowest BCUT2D eigenvalue weighted by atomic mass is 10.2. The van der Waals surface area contributed by atoms with Gasteiger partial charge < -0.3 is 14.8 Å². The Labute approximate surface area is 144 Å². The van der Waals surface area contributed by atoms with E-state index in [1.807, 2.05) is 0 Å². The largest absolute Gasteiger partial charge is 0.494 e. The quantitative estimate of drug-likeness (QED) is 0.447. The summed E-state index contributed by atoms with van der Waals surface area (Å²) in [6.07, 6.45) is -2.52. The molecule has 0 saturated carbocycles. The molecule has 0 aliphatic carbocycles. The zero-order chi connectivity index (χ0) is 19.7. The maximum atomic E-state index is 13.5. The maximum absolute atomic E-state index is 13.5. The van der Waals surface area contributed by atoms with Crippen LogP contribution in [0.3, 0.4) is 0 Å². The zero-order valence-corrected chi connectivity index (χ0v) is 13.4. The highest BCUT2D eigenvalue weighted by molar-refractivity contribution is 5.96. The number of esters is 1. The van der Waals surface area contributed by atoms with E-state index in [0.29, 0.717) is 5.56 Å². The van der Waals surface area contributed by atoms with E-state index < -0.39 is 43.1 Å². The van der Waals surface area contributed by atoms with E-state index in [1.165, 1.54) is 30.6 Å². The van der Waals surface area contributed by atoms with Crippen LogP contribution >= 0.6 is 0 Å². The van der Waals surface area contributed by atoms with Crippen molar-refractivity contribution in [1.82, 2.24) is 10.6 Å². The summed E-state index contributed by atoms with van der Waals surface area (Å²) in [5, 5.41) is 2.95. The van der Waals surface area contributed by atoms with E-state index in [4.69, 9.17) is 4.74 Å². The number of nitrogens with one attached hydrogen (secondary N) is 2. The first-order chi connectivity index (χ1) is 12.1. The van der Waals surface area contributed by atoms with Gasteiger partial charge in [0, 0.05) is 6.08 Å². The van der Waals surface area contributed by atoms with Gasteiger partial charge in [0.1, 0.15) is 6.54 Å². The highest BCUT2D eigenvalue weighted by Gasteiger charge is 2.28. The smallest absolute Gasteiger partial charge is 0.405 e. The van der Waals surface area contributed by atoms with Gasteiger partial charge in [0.05, 0.1) is 7.11 Å². The molecule has 7 nitrogen and oxygen atoms in total. The Morgan fingerprint density at radius 1 is 1.23 bits per heavy atom. The Morgan fingerprint density at radius 2 is 1.92 bits per heavy atom. The molecule has 0 aliphatic rings. The number of hydrogen-bond acceptors (Lipinski definition) is 5. The topological polar surface area (TPSA) is 93.7 Å². The number of alkyl halides is 3. The third kappa shape index (κ3) is 8.13. The third-order valence-corrected chi connectivity index (χ3v) is 2.64. The van der Waals surface area contributed by atoms with Gasteiger partial charge in [-0.2, -0.15) is 13.2 Å². The fourth-order valence-electron chi connectivity index (χ4n) is 1.52. The molecule has 0 heterocycles. The van der Waals surface area contributed by atoms with Gasteiger partial charge in [-0.25, -0.2) is 14.0 Å². The van der Waals surface area contributed by atoms with Gasteiger partial charge in [0.25, 0.3) is 5.91 Å². The number of methoxy groups -OCH3 is 1. The van der Waals surface area contributed by atoms with Crippen LogP contribution in [0, 0.1) is 5.82 Å². The highest BCUT2D eigenvalue weighted by Crippen LogP contribution is 2.18. The SMILES string of the molecule is COc1ccc(/C=C/C(=O)OCC(=O)NC(=O)NCC(F)(F)F)cc1F. The summed E-state index contributed by atoms with van der Waals surface area (Å²) >= 11 is 0. The molecule has 142 valence electrons. The van der Waals surface area contributed by atoms with Crippen LogP contribution < -0.4 is 15.4 Å². The second-order valence-corrected chi connectivity index (χ2v) is 4.68. The number of urea groups is 1.